The van der Waals surface area contributed by atoms with E-state index >= 15 is 0 Å². The molecule has 1 heterocycles. The number of aryl methyl sites for hydroxylation is 1. The lowest BCUT2D eigenvalue weighted by Gasteiger charge is -2.18. The van der Waals surface area contributed by atoms with Crippen LogP contribution in [-0.4, -0.2) is 22.2 Å². The van der Waals surface area contributed by atoms with E-state index in [9.17, 15) is 0 Å². The molecule has 1 aromatic heterocycles. The van der Waals surface area contributed by atoms with Gasteiger partial charge in [-0.1, -0.05) is 12.1 Å². The highest BCUT2D eigenvalue weighted by Gasteiger charge is 2.29. The van der Waals surface area contributed by atoms with Gasteiger partial charge in [0.1, 0.15) is 6.10 Å². The highest BCUT2D eigenvalue weighted by Crippen LogP contribution is 2.29. The first-order valence-electron chi connectivity index (χ1n) is 6.58. The minimum Gasteiger partial charge on any atom is -0.461 e. The maximum Gasteiger partial charge on any atom is 0.297 e. The molecule has 2 N–H and O–H groups in total. The first kappa shape index (κ1) is 11.5. The smallest absolute Gasteiger partial charge is 0.297 e. The van der Waals surface area contributed by atoms with Crippen LogP contribution in [0.2, 0.25) is 0 Å². The lowest BCUT2D eigenvalue weighted by atomic mass is 10.1. The SMILES string of the molecule is Cn1c(OC2CCCC2CN)nc2ccccc21. The zero-order chi connectivity index (χ0) is 12.5. The van der Waals surface area contributed by atoms with Gasteiger partial charge in [-0.2, -0.15) is 4.98 Å². The van der Waals surface area contributed by atoms with E-state index in [0.717, 1.165) is 17.5 Å². The van der Waals surface area contributed by atoms with Crippen LogP contribution in [0.4, 0.5) is 0 Å². The number of benzene rings is 1. The van der Waals surface area contributed by atoms with Crippen LogP contribution in [0.5, 0.6) is 6.01 Å². The summed E-state index contributed by atoms with van der Waals surface area (Å²) in [6.07, 6.45) is 3.69. The molecule has 18 heavy (non-hydrogen) atoms. The van der Waals surface area contributed by atoms with E-state index in [1.165, 1.54) is 12.8 Å². The predicted octanol–water partition coefficient (Wildman–Crippen LogP) is 2.08. The lowest BCUT2D eigenvalue weighted by molar-refractivity contribution is 0.144. The number of fused-ring (bicyclic) bond motifs is 1. The van der Waals surface area contributed by atoms with Crippen LogP contribution < -0.4 is 10.5 Å². The standard InChI is InChI=1S/C14H19N3O/c1-17-12-7-3-2-6-11(12)16-14(17)18-13-8-4-5-10(13)9-15/h2-3,6-7,10,13H,4-5,8-9,15H2,1H3. The molecule has 2 atom stereocenters. The molecule has 96 valence electrons. The van der Waals surface area contributed by atoms with Gasteiger partial charge in [0, 0.05) is 13.0 Å². The zero-order valence-corrected chi connectivity index (χ0v) is 10.7. The van der Waals surface area contributed by atoms with Crippen molar-refractivity contribution in [2.75, 3.05) is 6.54 Å². The molecule has 3 rings (SSSR count). The molecule has 0 spiro atoms. The Morgan fingerprint density at radius 3 is 3.00 bits per heavy atom. The minimum absolute atomic E-state index is 0.227. The van der Waals surface area contributed by atoms with E-state index < -0.39 is 0 Å². The molecule has 4 heteroatoms. The number of imidazole rings is 1. The fraction of sp³-hybridized carbons (Fsp3) is 0.500. The van der Waals surface area contributed by atoms with Gasteiger partial charge in [0.05, 0.1) is 11.0 Å². The third-order valence-electron chi connectivity index (χ3n) is 3.89. The van der Waals surface area contributed by atoms with Crippen molar-refractivity contribution in [3.05, 3.63) is 24.3 Å². The normalized spacial score (nSPS) is 23.7. The molecule has 2 aromatic rings. The van der Waals surface area contributed by atoms with E-state index in [1.807, 2.05) is 29.8 Å². The Bertz CT molecular complexity index is 549. The van der Waals surface area contributed by atoms with Gasteiger partial charge in [0.2, 0.25) is 0 Å². The van der Waals surface area contributed by atoms with Crippen molar-refractivity contribution in [2.45, 2.75) is 25.4 Å². The van der Waals surface area contributed by atoms with Crippen molar-refractivity contribution in [2.24, 2.45) is 18.7 Å². The number of nitrogens with zero attached hydrogens (tertiary/aromatic N) is 2. The van der Waals surface area contributed by atoms with Crippen molar-refractivity contribution < 1.29 is 4.74 Å². The molecule has 0 bridgehead atoms. The van der Waals surface area contributed by atoms with E-state index in [2.05, 4.69) is 11.1 Å². The van der Waals surface area contributed by atoms with Crippen LogP contribution in [0.1, 0.15) is 19.3 Å². The van der Waals surface area contributed by atoms with E-state index in [-0.39, 0.29) is 6.10 Å². The molecule has 1 fully saturated rings. The summed E-state index contributed by atoms with van der Waals surface area (Å²) in [5, 5.41) is 0. The molecule has 0 aliphatic heterocycles. The lowest BCUT2D eigenvalue weighted by Crippen LogP contribution is -2.28. The molecule has 0 saturated heterocycles. The van der Waals surface area contributed by atoms with E-state index in [4.69, 9.17) is 10.5 Å². The Hall–Kier alpha value is -1.55. The van der Waals surface area contributed by atoms with Crippen LogP contribution in [0.15, 0.2) is 24.3 Å². The summed E-state index contributed by atoms with van der Waals surface area (Å²) in [4.78, 5) is 4.54. The molecular formula is C14H19N3O. The van der Waals surface area contributed by atoms with Gasteiger partial charge >= 0.3 is 0 Å². The summed E-state index contributed by atoms with van der Waals surface area (Å²) in [6, 6.07) is 8.80. The van der Waals surface area contributed by atoms with Gasteiger partial charge in [-0.25, -0.2) is 0 Å². The van der Waals surface area contributed by atoms with Crippen molar-refractivity contribution in [3.63, 3.8) is 0 Å². The van der Waals surface area contributed by atoms with Gasteiger partial charge in [-0.3, -0.25) is 4.57 Å². The molecule has 1 aliphatic carbocycles. The van der Waals surface area contributed by atoms with Crippen molar-refractivity contribution in [1.29, 1.82) is 0 Å². The molecular weight excluding hydrogens is 226 g/mol. The molecule has 1 saturated carbocycles. The van der Waals surface area contributed by atoms with Crippen LogP contribution in [0.3, 0.4) is 0 Å². The number of nitrogens with two attached hydrogens (primary N) is 1. The number of hydrogen-bond acceptors (Lipinski definition) is 3. The van der Waals surface area contributed by atoms with Gasteiger partial charge in [0.25, 0.3) is 6.01 Å². The van der Waals surface area contributed by atoms with Gasteiger partial charge in [-0.15, -0.1) is 0 Å². The highest BCUT2D eigenvalue weighted by atomic mass is 16.5. The van der Waals surface area contributed by atoms with E-state index in [1.54, 1.807) is 0 Å². The first-order chi connectivity index (χ1) is 8.79. The monoisotopic (exact) mass is 245 g/mol. The quantitative estimate of drug-likeness (QED) is 0.900. The number of hydrogen-bond donors (Lipinski definition) is 1. The summed E-state index contributed by atoms with van der Waals surface area (Å²) in [5.74, 6) is 0.477. The number of rotatable bonds is 3. The second-order valence-electron chi connectivity index (χ2n) is 5.03. The van der Waals surface area contributed by atoms with Crippen molar-refractivity contribution in [3.8, 4) is 6.01 Å². The maximum atomic E-state index is 6.07. The summed E-state index contributed by atoms with van der Waals surface area (Å²) in [6.45, 7) is 0.703. The molecule has 4 nitrogen and oxygen atoms in total. The average molecular weight is 245 g/mol. The number of ether oxygens (including phenoxy) is 1. The summed E-state index contributed by atoms with van der Waals surface area (Å²) in [7, 11) is 2.00. The molecule has 0 amide bonds. The molecule has 2 unspecified atom stereocenters. The Morgan fingerprint density at radius 1 is 1.39 bits per heavy atom. The fourth-order valence-corrected chi connectivity index (χ4v) is 2.79. The largest absolute Gasteiger partial charge is 0.461 e. The third kappa shape index (κ3) is 1.86. The molecule has 1 aromatic carbocycles. The fourth-order valence-electron chi connectivity index (χ4n) is 2.79. The number of aromatic nitrogens is 2. The van der Waals surface area contributed by atoms with Gasteiger partial charge in [-0.05, 0) is 37.9 Å². The van der Waals surface area contributed by atoms with Crippen LogP contribution >= 0.6 is 0 Å². The van der Waals surface area contributed by atoms with Crippen molar-refractivity contribution >= 4 is 11.0 Å². The topological polar surface area (TPSA) is 53.1 Å². The highest BCUT2D eigenvalue weighted by molar-refractivity contribution is 5.76. The van der Waals surface area contributed by atoms with Crippen molar-refractivity contribution in [1.82, 2.24) is 9.55 Å². The summed E-state index contributed by atoms with van der Waals surface area (Å²) in [5.41, 5.74) is 7.87. The second-order valence-corrected chi connectivity index (χ2v) is 5.03. The van der Waals surface area contributed by atoms with Crippen LogP contribution in [0, 0.1) is 5.92 Å². The molecule has 1 aliphatic rings. The van der Waals surface area contributed by atoms with Gasteiger partial charge < -0.3 is 10.5 Å². The third-order valence-corrected chi connectivity index (χ3v) is 3.89. The predicted molar refractivity (Wildman–Crippen MR) is 71.5 cm³/mol. The Morgan fingerprint density at radius 2 is 2.22 bits per heavy atom. The number of para-hydroxylation sites is 2. The Kier molecular flexibility index (Phi) is 2.96. The average Bonchev–Trinajstić information content (AvgIpc) is 2.96. The van der Waals surface area contributed by atoms with E-state index in [0.29, 0.717) is 18.5 Å². The van der Waals surface area contributed by atoms with Crippen LogP contribution in [-0.2, 0) is 7.05 Å². The van der Waals surface area contributed by atoms with Crippen LogP contribution in [0.25, 0.3) is 11.0 Å². The molecule has 0 radical (unpaired) electrons. The first-order valence-corrected chi connectivity index (χ1v) is 6.58. The maximum absolute atomic E-state index is 6.07. The summed E-state index contributed by atoms with van der Waals surface area (Å²) < 4.78 is 8.08. The zero-order valence-electron chi connectivity index (χ0n) is 10.7. The van der Waals surface area contributed by atoms with Gasteiger partial charge in [0.15, 0.2) is 0 Å². The minimum atomic E-state index is 0.227. The second kappa shape index (κ2) is 4.61. The Balaban J connectivity index is 1.88. The summed E-state index contributed by atoms with van der Waals surface area (Å²) >= 11 is 0. The Labute approximate surface area is 107 Å².